The minimum Gasteiger partial charge on any atom is -0.402 e. The molecule has 0 radical (unpaired) electrons. The summed E-state index contributed by atoms with van der Waals surface area (Å²) in [6, 6.07) is 0. The molecule has 0 aliphatic carbocycles. The van der Waals surface area contributed by atoms with E-state index in [2.05, 4.69) is 25.4 Å². The summed E-state index contributed by atoms with van der Waals surface area (Å²) >= 11 is 0. The second kappa shape index (κ2) is 5.58. The summed E-state index contributed by atoms with van der Waals surface area (Å²) in [5.41, 5.74) is 7.09. The number of rotatable bonds is 4. The van der Waals surface area contributed by atoms with Crippen LogP contribution in [0.5, 0.6) is 0 Å². The molecule has 0 aliphatic heterocycles. The third-order valence-corrected chi connectivity index (χ3v) is 1.24. The Hall–Kier alpha value is -1.05. The highest BCUT2D eigenvalue weighted by Gasteiger charge is 1.94. The lowest BCUT2D eigenvalue weighted by molar-refractivity contribution is 0.640. The summed E-state index contributed by atoms with van der Waals surface area (Å²) in [6.45, 7) is 9.94. The molecule has 0 aromatic heterocycles. The number of aliphatic imine (C=N–C) groups is 1. The highest BCUT2D eigenvalue weighted by atomic mass is 14.7. The number of allylic oxidation sites excluding steroid dienone is 3. The van der Waals surface area contributed by atoms with E-state index in [1.54, 1.807) is 12.3 Å². The molecule has 0 saturated carbocycles. The smallest absolute Gasteiger partial charge is 0.0334 e. The van der Waals surface area contributed by atoms with Crippen LogP contribution in [0.2, 0.25) is 0 Å². The highest BCUT2D eigenvalue weighted by molar-refractivity contribution is 5.72. The lowest BCUT2D eigenvalue weighted by Crippen LogP contribution is -1.91. The molecule has 0 aromatic carbocycles. The van der Waals surface area contributed by atoms with Gasteiger partial charge in [-0.15, -0.1) is 0 Å². The Kier molecular flexibility index (Phi) is 5.09. The lowest BCUT2D eigenvalue weighted by Gasteiger charge is -2.01. The molecule has 0 rings (SSSR count). The van der Waals surface area contributed by atoms with Gasteiger partial charge in [0.05, 0.1) is 0 Å². The summed E-state index contributed by atoms with van der Waals surface area (Å²) in [5.74, 6) is 0.609. The molecule has 0 fully saturated rings. The third kappa shape index (κ3) is 7.06. The second-order valence-corrected chi connectivity index (χ2v) is 3.35. The monoisotopic (exact) mass is 166 g/mol. The van der Waals surface area contributed by atoms with Crippen LogP contribution in [0.3, 0.4) is 0 Å². The zero-order chi connectivity index (χ0) is 9.56. The fraction of sp³-hybridized carbons (Fsp3) is 0.500. The van der Waals surface area contributed by atoms with Crippen molar-refractivity contribution >= 4 is 6.21 Å². The first kappa shape index (κ1) is 11.0. The van der Waals surface area contributed by atoms with Crippen molar-refractivity contribution in [1.82, 2.24) is 0 Å². The van der Waals surface area contributed by atoms with E-state index in [1.165, 1.54) is 0 Å². The zero-order valence-electron chi connectivity index (χ0n) is 8.17. The van der Waals surface area contributed by atoms with E-state index in [1.807, 2.05) is 6.92 Å². The van der Waals surface area contributed by atoms with Gasteiger partial charge in [0.2, 0.25) is 0 Å². The van der Waals surface area contributed by atoms with Gasteiger partial charge in [-0.3, -0.25) is 4.99 Å². The normalized spacial score (nSPS) is 12.8. The Bertz CT molecular complexity index is 196. The van der Waals surface area contributed by atoms with Crippen molar-refractivity contribution in [3.8, 4) is 0 Å². The Morgan fingerprint density at radius 3 is 2.58 bits per heavy atom. The van der Waals surface area contributed by atoms with Gasteiger partial charge in [-0.1, -0.05) is 20.4 Å². The van der Waals surface area contributed by atoms with Gasteiger partial charge in [-0.25, -0.2) is 0 Å². The Morgan fingerprint density at radius 2 is 2.17 bits per heavy atom. The first-order valence-corrected chi connectivity index (χ1v) is 4.16. The number of hydrogen-bond donors (Lipinski definition) is 1. The minimum absolute atomic E-state index is 0.609. The van der Waals surface area contributed by atoms with E-state index >= 15 is 0 Å². The molecule has 0 aromatic rings. The average Bonchev–Trinajstić information content (AvgIpc) is 1.84. The predicted molar refractivity (Wildman–Crippen MR) is 55.0 cm³/mol. The van der Waals surface area contributed by atoms with Gasteiger partial charge in [-0.2, -0.15) is 0 Å². The van der Waals surface area contributed by atoms with Crippen molar-refractivity contribution in [2.75, 3.05) is 0 Å². The molecule has 2 heteroatoms. The van der Waals surface area contributed by atoms with Crippen LogP contribution in [0.1, 0.15) is 27.2 Å². The highest BCUT2D eigenvalue weighted by Crippen LogP contribution is 2.08. The fourth-order valence-corrected chi connectivity index (χ4v) is 0.784. The van der Waals surface area contributed by atoms with Gasteiger partial charge in [0, 0.05) is 17.6 Å². The van der Waals surface area contributed by atoms with Gasteiger partial charge >= 0.3 is 0 Å². The van der Waals surface area contributed by atoms with Crippen LogP contribution in [0, 0.1) is 5.92 Å². The van der Waals surface area contributed by atoms with Gasteiger partial charge in [0.15, 0.2) is 0 Å². The van der Waals surface area contributed by atoms with Crippen molar-refractivity contribution in [2.45, 2.75) is 27.2 Å². The fourth-order valence-electron chi connectivity index (χ4n) is 0.784. The molecule has 2 nitrogen and oxygen atoms in total. The zero-order valence-corrected chi connectivity index (χ0v) is 8.17. The summed E-state index contributed by atoms with van der Waals surface area (Å²) in [4.78, 5) is 4.13. The predicted octanol–water partition coefficient (Wildman–Crippen LogP) is 2.48. The third-order valence-electron chi connectivity index (χ3n) is 1.24. The molecular weight excluding hydrogens is 148 g/mol. The van der Waals surface area contributed by atoms with Crippen molar-refractivity contribution in [1.29, 1.82) is 0 Å². The topological polar surface area (TPSA) is 38.4 Å². The molecule has 12 heavy (non-hydrogen) atoms. The maximum atomic E-state index is 5.42. The molecular formula is C10H18N2. The van der Waals surface area contributed by atoms with E-state index in [4.69, 9.17) is 5.73 Å². The van der Waals surface area contributed by atoms with E-state index in [9.17, 15) is 0 Å². The van der Waals surface area contributed by atoms with Gasteiger partial charge in [0.1, 0.15) is 0 Å². The van der Waals surface area contributed by atoms with E-state index in [0.29, 0.717) is 5.92 Å². The maximum absolute atomic E-state index is 5.42. The molecule has 2 N–H and O–H groups in total. The van der Waals surface area contributed by atoms with Gasteiger partial charge in [0.25, 0.3) is 0 Å². The minimum atomic E-state index is 0.609. The first-order chi connectivity index (χ1) is 5.52. The molecule has 0 heterocycles. The van der Waals surface area contributed by atoms with Crippen LogP contribution in [0.25, 0.3) is 0 Å². The van der Waals surface area contributed by atoms with Crippen molar-refractivity contribution < 1.29 is 0 Å². The quantitative estimate of drug-likeness (QED) is 0.640. The number of nitrogens with zero attached hydrogens (tertiary/aromatic N) is 1. The number of hydrogen-bond acceptors (Lipinski definition) is 2. The first-order valence-electron chi connectivity index (χ1n) is 4.16. The Balaban J connectivity index is 3.84. The molecule has 0 aliphatic rings. The van der Waals surface area contributed by atoms with Gasteiger partial charge < -0.3 is 5.73 Å². The van der Waals surface area contributed by atoms with Crippen molar-refractivity contribution in [3.05, 3.63) is 24.0 Å². The van der Waals surface area contributed by atoms with Crippen LogP contribution in [-0.4, -0.2) is 6.21 Å². The van der Waals surface area contributed by atoms with Crippen molar-refractivity contribution in [2.24, 2.45) is 16.6 Å². The molecule has 0 spiro atoms. The Morgan fingerprint density at radius 1 is 1.58 bits per heavy atom. The Labute approximate surface area is 74.9 Å². The molecule has 0 amide bonds. The van der Waals surface area contributed by atoms with Crippen LogP contribution in [-0.2, 0) is 0 Å². The summed E-state index contributed by atoms with van der Waals surface area (Å²) < 4.78 is 0. The van der Waals surface area contributed by atoms with E-state index in [0.717, 1.165) is 17.8 Å². The summed E-state index contributed by atoms with van der Waals surface area (Å²) in [5, 5.41) is 0. The second-order valence-electron chi connectivity index (χ2n) is 3.35. The lowest BCUT2D eigenvalue weighted by atomic mass is 10.1. The average molecular weight is 166 g/mol. The maximum Gasteiger partial charge on any atom is 0.0334 e. The van der Waals surface area contributed by atoms with Crippen LogP contribution in [0.15, 0.2) is 29.0 Å². The summed E-state index contributed by atoms with van der Waals surface area (Å²) in [7, 11) is 0. The van der Waals surface area contributed by atoms with Crippen LogP contribution >= 0.6 is 0 Å². The molecule has 0 atom stereocenters. The molecule has 0 saturated heterocycles. The summed E-state index contributed by atoms with van der Waals surface area (Å²) in [6.07, 6.45) is 4.40. The van der Waals surface area contributed by atoms with Crippen LogP contribution < -0.4 is 5.73 Å². The molecule has 0 bridgehead atoms. The molecule has 0 unspecified atom stereocenters. The van der Waals surface area contributed by atoms with E-state index in [-0.39, 0.29) is 0 Å². The van der Waals surface area contributed by atoms with Crippen LogP contribution in [0.4, 0.5) is 0 Å². The SMILES string of the molecule is C=C(CC(C)C)/N=C\C=C(\C)N. The van der Waals surface area contributed by atoms with Crippen molar-refractivity contribution in [3.63, 3.8) is 0 Å². The van der Waals surface area contributed by atoms with E-state index < -0.39 is 0 Å². The standard InChI is InChI=1S/C10H18N2/c1-8(2)7-10(4)12-6-5-9(3)11/h5-6,8H,4,7,11H2,1-3H3/b9-5-,12-6-. The molecule has 68 valence electrons. The number of nitrogens with two attached hydrogens (primary N) is 1. The van der Waals surface area contributed by atoms with Gasteiger partial charge in [-0.05, 0) is 25.3 Å². The largest absolute Gasteiger partial charge is 0.402 e.